The monoisotopic (exact) mass is 440 g/mol. The number of imide groups is 1. The summed E-state index contributed by atoms with van der Waals surface area (Å²) in [6.45, 7) is 0.154. The Morgan fingerprint density at radius 2 is 1.53 bits per heavy atom. The molecule has 0 spiro atoms. The molecule has 156 valence electrons. The number of carbonyl (C=O) groups excluding carboxylic acids is 3. The zero-order chi connectivity index (χ0) is 22.1. The van der Waals surface area contributed by atoms with E-state index >= 15 is 0 Å². The van der Waals surface area contributed by atoms with Crippen molar-refractivity contribution in [3.05, 3.63) is 100 Å². The van der Waals surface area contributed by atoms with Crippen LogP contribution in [0.1, 0.15) is 36.6 Å². The molecule has 0 saturated carbocycles. The van der Waals surface area contributed by atoms with E-state index in [1.54, 1.807) is 48.5 Å². The summed E-state index contributed by atoms with van der Waals surface area (Å²) in [5.41, 5.74) is 4.46. The molecule has 8 heteroatoms. The number of nitrogens with one attached hydrogen (secondary N) is 1. The number of nitrogens with zero attached hydrogens (tertiary/aromatic N) is 3. The van der Waals surface area contributed by atoms with E-state index in [0.29, 0.717) is 22.4 Å². The molecule has 1 aliphatic rings. The minimum Gasteiger partial charge on any atom is -0.322 e. The Hall–Kier alpha value is -4.17. The summed E-state index contributed by atoms with van der Waals surface area (Å²) in [5.74, 6) is -0.853. The van der Waals surface area contributed by atoms with Gasteiger partial charge < -0.3 is 5.32 Å². The van der Waals surface area contributed by atoms with E-state index in [9.17, 15) is 14.4 Å². The van der Waals surface area contributed by atoms with E-state index in [1.165, 1.54) is 16.4 Å². The summed E-state index contributed by atoms with van der Waals surface area (Å²) < 4.78 is 3.85. The van der Waals surface area contributed by atoms with E-state index in [2.05, 4.69) is 14.9 Å². The number of anilines is 1. The number of fused-ring (bicyclic) bond motifs is 1. The molecule has 1 N–H and O–H groups in total. The molecular formula is C24H16N4O3S. The zero-order valence-electron chi connectivity index (χ0n) is 16.7. The minimum absolute atomic E-state index is 0.154. The molecule has 0 atom stereocenters. The number of carbonyl (C=O) groups is 3. The number of amides is 3. The predicted molar refractivity (Wildman–Crippen MR) is 120 cm³/mol. The quantitative estimate of drug-likeness (QED) is 0.468. The fourth-order valence-corrected chi connectivity index (χ4v) is 4.01. The van der Waals surface area contributed by atoms with Crippen molar-refractivity contribution in [2.75, 3.05) is 5.32 Å². The lowest BCUT2D eigenvalue weighted by atomic mass is 10.1. The van der Waals surface area contributed by atoms with Gasteiger partial charge in [0.25, 0.3) is 17.7 Å². The average Bonchev–Trinajstić information content (AvgIpc) is 3.44. The Morgan fingerprint density at radius 1 is 0.875 bits per heavy atom. The number of aromatic nitrogens is 2. The average molecular weight is 440 g/mol. The second kappa shape index (κ2) is 8.16. The van der Waals surface area contributed by atoms with Gasteiger partial charge in [0.05, 0.1) is 17.7 Å². The van der Waals surface area contributed by atoms with Gasteiger partial charge in [0.2, 0.25) is 0 Å². The van der Waals surface area contributed by atoms with Gasteiger partial charge in [-0.3, -0.25) is 19.3 Å². The van der Waals surface area contributed by atoms with Crippen LogP contribution in [0.2, 0.25) is 0 Å². The Balaban J connectivity index is 1.24. The molecule has 1 aromatic heterocycles. The Bertz CT molecular complexity index is 1280. The van der Waals surface area contributed by atoms with Crippen molar-refractivity contribution in [3.8, 4) is 11.3 Å². The fourth-order valence-electron chi connectivity index (χ4n) is 3.54. The third kappa shape index (κ3) is 3.67. The largest absolute Gasteiger partial charge is 0.322 e. The number of rotatable bonds is 5. The highest BCUT2D eigenvalue weighted by Gasteiger charge is 2.34. The highest BCUT2D eigenvalue weighted by atomic mass is 32.1. The molecule has 3 amide bonds. The first kappa shape index (κ1) is 19.8. The maximum atomic E-state index is 12.6. The second-order valence-electron chi connectivity index (χ2n) is 7.26. The summed E-state index contributed by atoms with van der Waals surface area (Å²) in [7, 11) is 0. The van der Waals surface area contributed by atoms with Crippen LogP contribution in [0.15, 0.2) is 78.2 Å². The molecule has 3 aromatic carbocycles. The van der Waals surface area contributed by atoms with Crippen molar-refractivity contribution in [2.45, 2.75) is 6.54 Å². The molecule has 7 nitrogen and oxygen atoms in total. The van der Waals surface area contributed by atoms with E-state index in [4.69, 9.17) is 0 Å². The molecule has 5 rings (SSSR count). The molecule has 0 saturated heterocycles. The van der Waals surface area contributed by atoms with Crippen molar-refractivity contribution < 1.29 is 14.4 Å². The molecule has 0 bridgehead atoms. The first-order valence-electron chi connectivity index (χ1n) is 9.83. The first-order valence-corrected chi connectivity index (χ1v) is 10.7. The van der Waals surface area contributed by atoms with Crippen LogP contribution in [-0.4, -0.2) is 32.2 Å². The van der Waals surface area contributed by atoms with Gasteiger partial charge in [-0.05, 0) is 53.5 Å². The van der Waals surface area contributed by atoms with Crippen LogP contribution >= 0.6 is 11.5 Å². The molecule has 0 fully saturated rings. The molecular weight excluding hydrogens is 424 g/mol. The SMILES string of the molecule is O=C(Nc1ccc(-c2csnn2)cc1)c1ccc(CN2C(=O)c3ccccc3C2=O)cc1. The predicted octanol–water partition coefficient (Wildman–Crippen LogP) is 4.25. The Morgan fingerprint density at radius 3 is 2.12 bits per heavy atom. The lowest BCUT2D eigenvalue weighted by Crippen LogP contribution is -2.29. The van der Waals surface area contributed by atoms with Crippen molar-refractivity contribution in [1.82, 2.24) is 14.5 Å². The molecule has 1 aliphatic heterocycles. The van der Waals surface area contributed by atoms with E-state index in [0.717, 1.165) is 16.8 Å². The number of hydrogen-bond acceptors (Lipinski definition) is 6. The molecule has 0 radical (unpaired) electrons. The number of hydrogen-bond donors (Lipinski definition) is 1. The van der Waals surface area contributed by atoms with Gasteiger partial charge in [0, 0.05) is 22.2 Å². The topological polar surface area (TPSA) is 92.3 Å². The fraction of sp³-hybridized carbons (Fsp3) is 0.0417. The van der Waals surface area contributed by atoms with Crippen LogP contribution in [0, 0.1) is 0 Å². The van der Waals surface area contributed by atoms with Crippen LogP contribution in [0.4, 0.5) is 5.69 Å². The molecule has 32 heavy (non-hydrogen) atoms. The van der Waals surface area contributed by atoms with Gasteiger partial charge >= 0.3 is 0 Å². The van der Waals surface area contributed by atoms with Crippen molar-refractivity contribution >= 4 is 34.9 Å². The van der Waals surface area contributed by atoms with Crippen LogP contribution in [0.25, 0.3) is 11.3 Å². The van der Waals surface area contributed by atoms with Crippen LogP contribution in [0.3, 0.4) is 0 Å². The van der Waals surface area contributed by atoms with Crippen molar-refractivity contribution in [1.29, 1.82) is 0 Å². The molecule has 2 heterocycles. The molecule has 0 unspecified atom stereocenters. The highest BCUT2D eigenvalue weighted by molar-refractivity contribution is 7.03. The van der Waals surface area contributed by atoms with Gasteiger partial charge in [-0.15, -0.1) is 5.10 Å². The van der Waals surface area contributed by atoms with Crippen molar-refractivity contribution in [3.63, 3.8) is 0 Å². The summed E-state index contributed by atoms with van der Waals surface area (Å²) in [6, 6.07) is 21.0. The van der Waals surface area contributed by atoms with Gasteiger partial charge in [-0.2, -0.15) is 0 Å². The van der Waals surface area contributed by atoms with Crippen LogP contribution in [0.5, 0.6) is 0 Å². The lowest BCUT2D eigenvalue weighted by molar-refractivity contribution is 0.0642. The Kier molecular flexibility index (Phi) is 5.04. The normalized spacial score (nSPS) is 12.7. The minimum atomic E-state index is -0.302. The lowest BCUT2D eigenvalue weighted by Gasteiger charge is -2.14. The standard InChI is InChI=1S/C24H16N4O3S/c29-22(25-18-11-9-16(10-12-18)21-14-32-27-26-21)17-7-5-15(6-8-17)13-28-23(30)19-3-1-2-4-20(19)24(28)31/h1-12,14H,13H2,(H,25,29). The van der Waals surface area contributed by atoms with Gasteiger partial charge in [-0.1, -0.05) is 40.9 Å². The van der Waals surface area contributed by atoms with E-state index in [-0.39, 0.29) is 24.3 Å². The third-order valence-corrected chi connectivity index (χ3v) is 5.74. The summed E-state index contributed by atoms with van der Waals surface area (Å²) in [6.07, 6.45) is 0. The van der Waals surface area contributed by atoms with Crippen LogP contribution in [-0.2, 0) is 6.54 Å². The third-order valence-electron chi connectivity index (χ3n) is 5.23. The molecule has 0 aliphatic carbocycles. The molecule has 4 aromatic rings. The van der Waals surface area contributed by atoms with Crippen molar-refractivity contribution in [2.24, 2.45) is 0 Å². The maximum absolute atomic E-state index is 12.6. The van der Waals surface area contributed by atoms with Crippen LogP contribution < -0.4 is 5.32 Å². The summed E-state index contributed by atoms with van der Waals surface area (Å²) in [4.78, 5) is 38.9. The zero-order valence-corrected chi connectivity index (χ0v) is 17.5. The van der Waals surface area contributed by atoms with Gasteiger partial charge in [0.15, 0.2) is 0 Å². The van der Waals surface area contributed by atoms with Gasteiger partial charge in [-0.25, -0.2) is 0 Å². The highest BCUT2D eigenvalue weighted by Crippen LogP contribution is 2.24. The smallest absolute Gasteiger partial charge is 0.261 e. The summed E-state index contributed by atoms with van der Waals surface area (Å²) >= 11 is 1.28. The first-order chi connectivity index (χ1) is 15.6. The van der Waals surface area contributed by atoms with Gasteiger partial charge in [0.1, 0.15) is 5.69 Å². The Labute approximate surface area is 187 Å². The number of benzene rings is 3. The summed E-state index contributed by atoms with van der Waals surface area (Å²) in [5, 5.41) is 8.74. The van der Waals surface area contributed by atoms with E-state index in [1.807, 2.05) is 29.6 Å². The second-order valence-corrected chi connectivity index (χ2v) is 7.87. The van der Waals surface area contributed by atoms with E-state index < -0.39 is 0 Å². The maximum Gasteiger partial charge on any atom is 0.261 e.